The Bertz CT molecular complexity index is 828. The highest BCUT2D eigenvalue weighted by molar-refractivity contribution is 5.74. The zero-order valence-corrected chi connectivity index (χ0v) is 12.7. The molecule has 0 saturated carbocycles. The van der Waals surface area contributed by atoms with Gasteiger partial charge in [0.2, 0.25) is 0 Å². The number of oxazole rings is 1. The number of hydrogen-bond acceptors (Lipinski definition) is 5. The summed E-state index contributed by atoms with van der Waals surface area (Å²) in [4.78, 5) is 8.71. The van der Waals surface area contributed by atoms with Crippen molar-refractivity contribution < 1.29 is 13.5 Å². The van der Waals surface area contributed by atoms with Gasteiger partial charge >= 0.3 is 0 Å². The van der Waals surface area contributed by atoms with Gasteiger partial charge in [-0.2, -0.15) is 4.98 Å². The molecule has 0 unspecified atom stereocenters. The molecule has 0 spiro atoms. The summed E-state index contributed by atoms with van der Waals surface area (Å²) in [5, 5.41) is 3.26. The van der Waals surface area contributed by atoms with Crippen molar-refractivity contribution in [3.63, 3.8) is 0 Å². The molecule has 0 radical (unpaired) electrons. The average Bonchev–Trinajstić information content (AvgIpc) is 3.24. The number of benzene rings is 1. The molecule has 0 bridgehead atoms. The second-order valence-electron chi connectivity index (χ2n) is 5.53. The van der Waals surface area contributed by atoms with E-state index in [4.69, 9.17) is 9.15 Å². The second-order valence-corrected chi connectivity index (χ2v) is 5.53. The molecule has 1 aliphatic rings. The van der Waals surface area contributed by atoms with Gasteiger partial charge in [0.15, 0.2) is 5.58 Å². The molecule has 2 aromatic heterocycles. The van der Waals surface area contributed by atoms with Crippen molar-refractivity contribution in [2.45, 2.75) is 32.0 Å². The fourth-order valence-electron chi connectivity index (χ4n) is 2.96. The highest BCUT2D eigenvalue weighted by Crippen LogP contribution is 2.31. The molecule has 1 N–H and O–H groups in total. The van der Waals surface area contributed by atoms with Crippen LogP contribution in [0.15, 0.2) is 35.0 Å². The van der Waals surface area contributed by atoms with Gasteiger partial charge in [-0.05, 0) is 25.5 Å². The van der Waals surface area contributed by atoms with E-state index < -0.39 is 0 Å². The van der Waals surface area contributed by atoms with E-state index in [0.29, 0.717) is 23.7 Å². The van der Waals surface area contributed by atoms with Crippen LogP contribution in [0, 0.1) is 5.82 Å². The van der Waals surface area contributed by atoms with Crippen molar-refractivity contribution in [2.24, 2.45) is 0 Å². The van der Waals surface area contributed by atoms with E-state index in [9.17, 15) is 4.39 Å². The number of hydrogen-bond donors (Lipinski definition) is 1. The van der Waals surface area contributed by atoms with Crippen molar-refractivity contribution in [1.82, 2.24) is 14.5 Å². The number of ether oxygens (including phenoxy) is 1. The van der Waals surface area contributed by atoms with Crippen LogP contribution in [0.1, 0.15) is 25.3 Å². The fourth-order valence-corrected chi connectivity index (χ4v) is 2.96. The molecule has 1 fully saturated rings. The maximum absolute atomic E-state index is 13.2. The molecule has 120 valence electrons. The Kier molecular flexibility index (Phi) is 3.49. The number of imidazole rings is 1. The molecule has 1 aliphatic heterocycles. The van der Waals surface area contributed by atoms with E-state index in [0.717, 1.165) is 18.8 Å². The van der Waals surface area contributed by atoms with Crippen molar-refractivity contribution in [3.8, 4) is 0 Å². The van der Waals surface area contributed by atoms with E-state index in [1.807, 2.05) is 6.20 Å². The number of aryl methyl sites for hydroxylation is 1. The van der Waals surface area contributed by atoms with Crippen molar-refractivity contribution in [3.05, 3.63) is 42.2 Å². The van der Waals surface area contributed by atoms with Gasteiger partial charge in [-0.1, -0.05) is 0 Å². The van der Waals surface area contributed by atoms with Crippen LogP contribution in [0.4, 0.5) is 10.4 Å². The summed E-state index contributed by atoms with van der Waals surface area (Å²) >= 11 is 0. The first kappa shape index (κ1) is 14.2. The lowest BCUT2D eigenvalue weighted by Crippen LogP contribution is -2.25. The molecule has 23 heavy (non-hydrogen) atoms. The van der Waals surface area contributed by atoms with Crippen molar-refractivity contribution in [1.29, 1.82) is 0 Å². The quantitative estimate of drug-likeness (QED) is 0.801. The summed E-state index contributed by atoms with van der Waals surface area (Å²) in [6, 6.07) is 4.68. The van der Waals surface area contributed by atoms with Gasteiger partial charge in [0.05, 0.1) is 6.04 Å². The summed E-state index contributed by atoms with van der Waals surface area (Å²) in [5.74, 6) is 0.564. The van der Waals surface area contributed by atoms with Gasteiger partial charge in [0.1, 0.15) is 23.3 Å². The first-order valence-corrected chi connectivity index (χ1v) is 7.70. The van der Waals surface area contributed by atoms with Gasteiger partial charge in [0, 0.05) is 31.6 Å². The summed E-state index contributed by atoms with van der Waals surface area (Å²) in [6.07, 6.45) is 4.39. The lowest BCUT2D eigenvalue weighted by Gasteiger charge is -2.19. The molecule has 1 aromatic carbocycles. The third kappa shape index (κ3) is 2.57. The first-order valence-electron chi connectivity index (χ1n) is 7.70. The SMILES string of the molecule is CCn1ccnc1[C@H]1OCC[C@@H]1Nc1nc2cc(F)ccc2o1. The van der Waals surface area contributed by atoms with Crippen LogP contribution in [0.5, 0.6) is 0 Å². The molecule has 1 saturated heterocycles. The van der Waals surface area contributed by atoms with Gasteiger partial charge in [-0.3, -0.25) is 0 Å². The number of nitrogens with one attached hydrogen (secondary N) is 1. The van der Waals surface area contributed by atoms with Gasteiger partial charge in [0.25, 0.3) is 6.01 Å². The third-order valence-electron chi connectivity index (χ3n) is 4.09. The largest absolute Gasteiger partial charge is 0.424 e. The van der Waals surface area contributed by atoms with E-state index >= 15 is 0 Å². The molecule has 7 heteroatoms. The highest BCUT2D eigenvalue weighted by atomic mass is 19.1. The predicted octanol–water partition coefficient (Wildman–Crippen LogP) is 3.13. The molecule has 0 aliphatic carbocycles. The highest BCUT2D eigenvalue weighted by Gasteiger charge is 2.33. The second kappa shape index (κ2) is 5.66. The Hall–Kier alpha value is -2.41. The maximum Gasteiger partial charge on any atom is 0.296 e. The first-order chi connectivity index (χ1) is 11.2. The van der Waals surface area contributed by atoms with Gasteiger partial charge < -0.3 is 19.0 Å². The smallest absolute Gasteiger partial charge is 0.296 e. The minimum Gasteiger partial charge on any atom is -0.424 e. The van der Waals surface area contributed by atoms with Crippen LogP contribution in [0.25, 0.3) is 11.1 Å². The Balaban J connectivity index is 1.59. The van der Waals surface area contributed by atoms with Crippen LogP contribution < -0.4 is 5.32 Å². The minimum absolute atomic E-state index is 0.0145. The van der Waals surface area contributed by atoms with Crippen molar-refractivity contribution in [2.75, 3.05) is 11.9 Å². The van der Waals surface area contributed by atoms with Gasteiger partial charge in [-0.25, -0.2) is 9.37 Å². The lowest BCUT2D eigenvalue weighted by atomic mass is 10.1. The molecular weight excluding hydrogens is 299 g/mol. The van der Waals surface area contributed by atoms with E-state index in [1.165, 1.54) is 12.1 Å². The van der Waals surface area contributed by atoms with E-state index in [-0.39, 0.29) is 18.0 Å². The van der Waals surface area contributed by atoms with Crippen LogP contribution in [0.2, 0.25) is 0 Å². The van der Waals surface area contributed by atoms with Crippen LogP contribution in [0.3, 0.4) is 0 Å². The van der Waals surface area contributed by atoms with Crippen molar-refractivity contribution >= 4 is 17.1 Å². The number of fused-ring (bicyclic) bond motifs is 1. The molecule has 3 aromatic rings. The molecule has 6 nitrogen and oxygen atoms in total. The Morgan fingerprint density at radius 2 is 2.35 bits per heavy atom. The number of anilines is 1. The molecule has 3 heterocycles. The predicted molar refractivity (Wildman–Crippen MR) is 82.6 cm³/mol. The van der Waals surface area contributed by atoms with Crippen LogP contribution in [-0.4, -0.2) is 27.2 Å². The summed E-state index contributed by atoms with van der Waals surface area (Å²) in [5.41, 5.74) is 1.05. The monoisotopic (exact) mass is 316 g/mol. The maximum atomic E-state index is 13.2. The Labute approximate surface area is 132 Å². The summed E-state index contributed by atoms with van der Waals surface area (Å²) in [6.45, 7) is 3.55. The minimum atomic E-state index is -0.329. The zero-order valence-electron chi connectivity index (χ0n) is 12.7. The normalized spacial score (nSPS) is 21.1. The summed E-state index contributed by atoms with van der Waals surface area (Å²) in [7, 11) is 0. The molecule has 0 amide bonds. The van der Waals surface area contributed by atoms with Crippen LogP contribution in [-0.2, 0) is 11.3 Å². The average molecular weight is 316 g/mol. The molecule has 4 rings (SSSR count). The molecular formula is C16H17FN4O2. The fraction of sp³-hybridized carbons (Fsp3) is 0.375. The zero-order chi connectivity index (χ0) is 15.8. The van der Waals surface area contributed by atoms with E-state index in [1.54, 1.807) is 12.3 Å². The third-order valence-corrected chi connectivity index (χ3v) is 4.09. The number of halogens is 1. The topological polar surface area (TPSA) is 65.1 Å². The summed E-state index contributed by atoms with van der Waals surface area (Å²) < 4.78 is 26.8. The number of rotatable bonds is 4. The Morgan fingerprint density at radius 3 is 3.22 bits per heavy atom. The molecule has 2 atom stereocenters. The Morgan fingerprint density at radius 1 is 1.43 bits per heavy atom. The number of aromatic nitrogens is 3. The standard InChI is InChI=1S/C16H17FN4O2/c1-2-21-7-6-18-15(21)14-11(5-8-22-14)19-16-20-12-9-10(17)3-4-13(12)23-16/h3-4,6-7,9,11,14H,2,5,8H2,1H3,(H,19,20)/t11-,14-/m0/s1. The van der Waals surface area contributed by atoms with E-state index in [2.05, 4.69) is 26.8 Å². The van der Waals surface area contributed by atoms with Gasteiger partial charge in [-0.15, -0.1) is 0 Å². The van der Waals surface area contributed by atoms with Crippen LogP contribution >= 0.6 is 0 Å². The number of nitrogens with zero attached hydrogens (tertiary/aromatic N) is 3. The lowest BCUT2D eigenvalue weighted by molar-refractivity contribution is 0.0973.